The highest BCUT2D eigenvalue weighted by molar-refractivity contribution is 6.53. The SMILES string of the molecule is O=C(Nc1ccc(F)c(CC(=O)C(Cl)CCl)c1F)c1cc(NC(=O)[C@H]2[C@H](c3ccc(F)c(C(F)(F)F)c3)C2(Cl)Cl)ccc1Cl. The molecule has 0 bridgehead atoms. The predicted molar refractivity (Wildman–Crippen MR) is 156 cm³/mol. The van der Waals surface area contributed by atoms with Crippen molar-refractivity contribution in [1.82, 2.24) is 0 Å². The molecule has 0 aliphatic heterocycles. The number of hydrogen-bond acceptors (Lipinski definition) is 3. The second-order valence-corrected chi connectivity index (χ2v) is 12.3. The zero-order valence-electron chi connectivity index (χ0n) is 21.6. The molecular weight excluding hydrogens is 704 g/mol. The van der Waals surface area contributed by atoms with Gasteiger partial charge in [-0.05, 0) is 48.0 Å². The van der Waals surface area contributed by atoms with Crippen LogP contribution in [-0.4, -0.2) is 33.2 Å². The summed E-state index contributed by atoms with van der Waals surface area (Å²) >= 11 is 29.8. The summed E-state index contributed by atoms with van der Waals surface area (Å²) in [7, 11) is 0. The van der Waals surface area contributed by atoms with Crippen molar-refractivity contribution >= 4 is 87.0 Å². The molecule has 0 spiro atoms. The summed E-state index contributed by atoms with van der Waals surface area (Å²) in [6, 6.07) is 7.54. The van der Waals surface area contributed by atoms with Crippen LogP contribution in [0.1, 0.15) is 33.0 Å². The van der Waals surface area contributed by atoms with E-state index in [4.69, 9.17) is 58.0 Å². The number of Topliss-reactive ketones (excluding diaryl/α,β-unsaturated/α-hetero) is 1. The van der Waals surface area contributed by atoms with Crippen molar-refractivity contribution in [3.05, 3.63) is 93.3 Å². The molecule has 1 fully saturated rings. The van der Waals surface area contributed by atoms with E-state index in [-0.39, 0.29) is 27.7 Å². The average Bonchev–Trinajstić information content (AvgIpc) is 3.54. The fraction of sp³-hybridized carbons (Fsp3) is 0.250. The Kier molecular flexibility index (Phi) is 10.1. The minimum absolute atomic E-state index is 0.0190. The number of carbonyl (C=O) groups excluding carboxylic acids is 3. The number of halogens is 11. The molecule has 1 unspecified atom stereocenters. The number of amides is 2. The van der Waals surface area contributed by atoms with Crippen LogP contribution in [0.3, 0.4) is 0 Å². The van der Waals surface area contributed by atoms with Crippen LogP contribution in [0.25, 0.3) is 0 Å². The topological polar surface area (TPSA) is 75.3 Å². The molecule has 44 heavy (non-hydrogen) atoms. The third-order valence-corrected chi connectivity index (χ3v) is 8.87. The maximum absolute atomic E-state index is 15.1. The Bertz CT molecular complexity index is 1650. The Morgan fingerprint density at radius 3 is 2.23 bits per heavy atom. The van der Waals surface area contributed by atoms with Gasteiger partial charge < -0.3 is 10.6 Å². The first-order valence-corrected chi connectivity index (χ1v) is 14.4. The van der Waals surface area contributed by atoms with E-state index in [2.05, 4.69) is 10.6 Å². The van der Waals surface area contributed by atoms with Gasteiger partial charge in [0.15, 0.2) is 11.6 Å². The van der Waals surface area contributed by atoms with Gasteiger partial charge in [-0.15, -0.1) is 46.4 Å². The van der Waals surface area contributed by atoms with Gasteiger partial charge in [-0.3, -0.25) is 14.4 Å². The first kappa shape index (κ1) is 34.2. The molecule has 0 saturated heterocycles. The molecular formula is C28H17Cl5F6N2O3. The number of anilines is 2. The highest BCUT2D eigenvalue weighted by Crippen LogP contribution is 2.65. The van der Waals surface area contributed by atoms with E-state index in [1.165, 1.54) is 12.1 Å². The Labute approximate surface area is 270 Å². The molecule has 5 nitrogen and oxygen atoms in total. The molecule has 2 amide bonds. The summed E-state index contributed by atoms with van der Waals surface area (Å²) in [6.45, 7) is 0. The van der Waals surface area contributed by atoms with E-state index in [1.807, 2.05) is 0 Å². The lowest BCUT2D eigenvalue weighted by Crippen LogP contribution is -2.21. The largest absolute Gasteiger partial charge is 0.419 e. The number of nitrogens with one attached hydrogen (secondary N) is 2. The minimum Gasteiger partial charge on any atom is -0.326 e. The Morgan fingerprint density at radius 2 is 1.59 bits per heavy atom. The standard InChI is InChI=1S/C28H17Cl5F6N2O3/c29-10-17(31)21(42)9-14-18(34)5-6-20(24(14)36)41-25(43)13-8-12(2-3-16(13)30)40-26(44)23-22(27(23,32)33)11-1-4-19(35)15(7-11)28(37,38)39/h1-8,17,22-23H,9-10H2,(H,40,44)(H,41,43)/t17?,22-,23+/m0/s1. The normalized spacial score (nSPS) is 18.0. The van der Waals surface area contributed by atoms with E-state index in [1.54, 1.807) is 0 Å². The van der Waals surface area contributed by atoms with Gasteiger partial charge in [-0.1, -0.05) is 17.7 Å². The number of hydrogen-bond donors (Lipinski definition) is 2. The second-order valence-electron chi connectivity index (χ2n) is 9.66. The molecule has 1 aliphatic rings. The fourth-order valence-electron chi connectivity index (χ4n) is 4.44. The van der Waals surface area contributed by atoms with Crippen LogP contribution in [0.15, 0.2) is 48.5 Å². The third-order valence-electron chi connectivity index (χ3n) is 6.74. The molecule has 0 aromatic heterocycles. The van der Waals surface area contributed by atoms with Crippen molar-refractivity contribution in [2.45, 2.75) is 28.2 Å². The predicted octanol–water partition coefficient (Wildman–Crippen LogP) is 8.51. The molecule has 3 aromatic rings. The summed E-state index contributed by atoms with van der Waals surface area (Å²) in [4.78, 5) is 38.1. The van der Waals surface area contributed by atoms with Gasteiger partial charge in [-0.2, -0.15) is 13.2 Å². The smallest absolute Gasteiger partial charge is 0.326 e. The lowest BCUT2D eigenvalue weighted by Gasteiger charge is -2.13. The molecule has 0 heterocycles. The minimum atomic E-state index is -5.00. The van der Waals surface area contributed by atoms with Crippen LogP contribution in [0.5, 0.6) is 0 Å². The lowest BCUT2D eigenvalue weighted by molar-refractivity contribution is -0.140. The average molecular weight is 721 g/mol. The molecule has 234 valence electrons. The van der Waals surface area contributed by atoms with Crippen LogP contribution in [0.2, 0.25) is 5.02 Å². The number of carbonyl (C=O) groups is 3. The second kappa shape index (κ2) is 13.0. The highest BCUT2D eigenvalue weighted by atomic mass is 35.5. The van der Waals surface area contributed by atoms with Gasteiger partial charge in [0.05, 0.1) is 27.8 Å². The van der Waals surface area contributed by atoms with Crippen LogP contribution in [0, 0.1) is 23.4 Å². The Morgan fingerprint density at radius 1 is 0.932 bits per heavy atom. The van der Waals surface area contributed by atoms with Crippen molar-refractivity contribution in [2.75, 3.05) is 16.5 Å². The summed E-state index contributed by atoms with van der Waals surface area (Å²) in [5, 5.41) is 3.34. The number of ketones is 1. The fourth-order valence-corrected chi connectivity index (χ4v) is 5.72. The van der Waals surface area contributed by atoms with Gasteiger partial charge in [-0.25, -0.2) is 13.2 Å². The zero-order valence-corrected chi connectivity index (χ0v) is 25.4. The number of rotatable bonds is 9. The maximum Gasteiger partial charge on any atom is 0.419 e. The molecule has 3 aromatic carbocycles. The van der Waals surface area contributed by atoms with E-state index in [0.717, 1.165) is 24.3 Å². The summed E-state index contributed by atoms with van der Waals surface area (Å²) in [6.07, 6.45) is -5.73. The molecule has 16 heteroatoms. The van der Waals surface area contributed by atoms with Gasteiger partial charge in [0, 0.05) is 29.5 Å². The van der Waals surface area contributed by atoms with Crippen LogP contribution in [-0.2, 0) is 22.2 Å². The summed E-state index contributed by atoms with van der Waals surface area (Å²) in [5.74, 6) is -9.03. The highest BCUT2D eigenvalue weighted by Gasteiger charge is 2.67. The lowest BCUT2D eigenvalue weighted by atomic mass is 10.0. The molecule has 0 radical (unpaired) electrons. The number of benzene rings is 3. The Hall–Kier alpha value is -2.70. The third kappa shape index (κ3) is 7.07. The molecule has 1 aliphatic carbocycles. The van der Waals surface area contributed by atoms with Gasteiger partial charge in [0.1, 0.15) is 21.3 Å². The monoisotopic (exact) mass is 718 g/mol. The van der Waals surface area contributed by atoms with Crippen LogP contribution < -0.4 is 10.6 Å². The number of alkyl halides is 7. The van der Waals surface area contributed by atoms with E-state index >= 15 is 4.39 Å². The van der Waals surface area contributed by atoms with Crippen molar-refractivity contribution in [3.8, 4) is 0 Å². The van der Waals surface area contributed by atoms with Crippen molar-refractivity contribution < 1.29 is 40.7 Å². The first-order chi connectivity index (χ1) is 20.5. The van der Waals surface area contributed by atoms with E-state index in [0.29, 0.717) is 12.1 Å². The van der Waals surface area contributed by atoms with Crippen LogP contribution in [0.4, 0.5) is 37.7 Å². The summed E-state index contributed by atoms with van der Waals surface area (Å²) < 4.78 is 80.8. The first-order valence-electron chi connectivity index (χ1n) is 12.3. The van der Waals surface area contributed by atoms with Crippen LogP contribution >= 0.6 is 58.0 Å². The van der Waals surface area contributed by atoms with E-state index in [9.17, 15) is 36.3 Å². The molecule has 3 atom stereocenters. The molecule has 2 N–H and O–H groups in total. The molecule has 4 rings (SSSR count). The van der Waals surface area contributed by atoms with Crippen molar-refractivity contribution in [3.63, 3.8) is 0 Å². The van der Waals surface area contributed by atoms with Crippen molar-refractivity contribution in [1.29, 1.82) is 0 Å². The van der Waals surface area contributed by atoms with Gasteiger partial charge in [0.2, 0.25) is 5.91 Å². The van der Waals surface area contributed by atoms with Gasteiger partial charge >= 0.3 is 6.18 Å². The molecule has 1 saturated carbocycles. The maximum atomic E-state index is 15.1. The van der Waals surface area contributed by atoms with Gasteiger partial charge in [0.25, 0.3) is 5.91 Å². The van der Waals surface area contributed by atoms with Crippen molar-refractivity contribution in [2.24, 2.45) is 5.92 Å². The summed E-state index contributed by atoms with van der Waals surface area (Å²) in [5.41, 5.74) is -3.09. The quantitative estimate of drug-likeness (QED) is 0.172. The Balaban J connectivity index is 1.52. The van der Waals surface area contributed by atoms with E-state index < -0.39 is 86.0 Å². The zero-order chi connectivity index (χ0) is 32.7.